The maximum absolute atomic E-state index is 12.7. The van der Waals surface area contributed by atoms with Gasteiger partial charge < -0.3 is 10.6 Å². The molecule has 4 nitrogen and oxygen atoms in total. The van der Waals surface area contributed by atoms with Gasteiger partial charge in [-0.05, 0) is 17.4 Å². The minimum absolute atomic E-state index is 0.00904. The Balaban J connectivity index is 2.31. The zero-order valence-electron chi connectivity index (χ0n) is 13.1. The lowest BCUT2D eigenvalue weighted by atomic mass is 9.77. The topological polar surface area (TPSA) is 58.2 Å². The minimum Gasteiger partial charge on any atom is -0.342 e. The molecular formula is C17H24N2O2. The molecule has 0 aromatic heterocycles. The molecule has 0 unspecified atom stereocenters. The Morgan fingerprint density at radius 2 is 1.71 bits per heavy atom. The second kappa shape index (κ2) is 5.88. The van der Waals surface area contributed by atoms with Crippen molar-refractivity contribution in [1.29, 1.82) is 0 Å². The fraction of sp³-hybridized carbons (Fsp3) is 0.529. The monoisotopic (exact) mass is 288 g/mol. The summed E-state index contributed by atoms with van der Waals surface area (Å²) in [6.07, 6.45) is 0.508. The Morgan fingerprint density at radius 1 is 1.10 bits per heavy atom. The summed E-state index contributed by atoms with van der Waals surface area (Å²) >= 11 is 0. The molecular weight excluding hydrogens is 264 g/mol. The molecule has 2 rings (SSSR count). The average molecular weight is 288 g/mol. The van der Waals surface area contributed by atoms with E-state index in [0.717, 1.165) is 5.56 Å². The first kappa shape index (κ1) is 15.5. The lowest BCUT2D eigenvalue weighted by Crippen LogP contribution is -2.73. The molecule has 1 aliphatic rings. The lowest BCUT2D eigenvalue weighted by Gasteiger charge is -2.43. The fourth-order valence-corrected chi connectivity index (χ4v) is 2.81. The van der Waals surface area contributed by atoms with Gasteiger partial charge in [0.15, 0.2) is 0 Å². The molecule has 1 heterocycles. The van der Waals surface area contributed by atoms with E-state index in [1.165, 1.54) is 0 Å². The highest BCUT2D eigenvalue weighted by Crippen LogP contribution is 2.27. The van der Waals surface area contributed by atoms with Crippen LogP contribution >= 0.6 is 0 Å². The van der Waals surface area contributed by atoms with Crippen molar-refractivity contribution in [2.75, 3.05) is 0 Å². The van der Waals surface area contributed by atoms with E-state index in [2.05, 4.69) is 10.6 Å². The average Bonchev–Trinajstić information content (AvgIpc) is 2.43. The molecule has 2 amide bonds. The van der Waals surface area contributed by atoms with E-state index in [1.54, 1.807) is 0 Å². The van der Waals surface area contributed by atoms with Gasteiger partial charge in [0.05, 0.1) is 0 Å². The van der Waals surface area contributed by atoms with Crippen LogP contribution in [0.3, 0.4) is 0 Å². The fourth-order valence-electron chi connectivity index (χ4n) is 2.81. The molecule has 0 spiro atoms. The Kier molecular flexibility index (Phi) is 4.35. The van der Waals surface area contributed by atoms with Crippen molar-refractivity contribution >= 4 is 11.8 Å². The number of hydrogen-bond donors (Lipinski definition) is 2. The first-order chi connectivity index (χ1) is 9.86. The van der Waals surface area contributed by atoms with Crippen molar-refractivity contribution < 1.29 is 9.59 Å². The van der Waals surface area contributed by atoms with E-state index in [-0.39, 0.29) is 23.7 Å². The number of carbonyl (C=O) groups excluding carboxylic acids is 2. The number of piperazine rings is 1. The van der Waals surface area contributed by atoms with Crippen molar-refractivity contribution in [3.8, 4) is 0 Å². The van der Waals surface area contributed by atoms with E-state index >= 15 is 0 Å². The van der Waals surface area contributed by atoms with Crippen molar-refractivity contribution in [2.24, 2.45) is 11.8 Å². The van der Waals surface area contributed by atoms with Crippen molar-refractivity contribution in [2.45, 2.75) is 45.7 Å². The summed E-state index contributed by atoms with van der Waals surface area (Å²) in [6.45, 7) is 7.81. The summed E-state index contributed by atoms with van der Waals surface area (Å²) < 4.78 is 0. The molecule has 2 N–H and O–H groups in total. The zero-order chi connectivity index (χ0) is 15.6. The van der Waals surface area contributed by atoms with Gasteiger partial charge in [-0.15, -0.1) is 0 Å². The number of carbonyl (C=O) groups is 2. The molecule has 2 atom stereocenters. The SMILES string of the molecule is CC(C)[C@@H]1NC(=O)[C@@](Cc2ccccc2)(C(C)C)NC1=O. The molecule has 1 saturated heterocycles. The summed E-state index contributed by atoms with van der Waals surface area (Å²) in [4.78, 5) is 25.1. The van der Waals surface area contributed by atoms with E-state index < -0.39 is 11.6 Å². The maximum atomic E-state index is 12.7. The molecule has 0 saturated carbocycles. The normalized spacial score (nSPS) is 25.9. The van der Waals surface area contributed by atoms with Gasteiger partial charge in [0.2, 0.25) is 11.8 Å². The second-order valence-electron chi connectivity index (χ2n) is 6.47. The highest BCUT2D eigenvalue weighted by atomic mass is 16.2. The van der Waals surface area contributed by atoms with Gasteiger partial charge in [-0.25, -0.2) is 0 Å². The van der Waals surface area contributed by atoms with E-state index in [0.29, 0.717) is 6.42 Å². The second-order valence-corrected chi connectivity index (χ2v) is 6.47. The number of amides is 2. The van der Waals surface area contributed by atoms with Crippen LogP contribution in [0.1, 0.15) is 33.3 Å². The molecule has 1 fully saturated rings. The molecule has 21 heavy (non-hydrogen) atoms. The number of rotatable bonds is 4. The predicted octanol–water partition coefficient (Wildman–Crippen LogP) is 1.89. The largest absolute Gasteiger partial charge is 0.342 e. The third-order valence-corrected chi connectivity index (χ3v) is 4.30. The van der Waals surface area contributed by atoms with Crippen LogP contribution in [-0.2, 0) is 16.0 Å². The number of benzene rings is 1. The van der Waals surface area contributed by atoms with Crippen molar-refractivity contribution in [3.63, 3.8) is 0 Å². The number of nitrogens with one attached hydrogen (secondary N) is 2. The van der Waals surface area contributed by atoms with Crippen LogP contribution in [0.2, 0.25) is 0 Å². The van der Waals surface area contributed by atoms with Crippen LogP contribution in [0.4, 0.5) is 0 Å². The van der Waals surface area contributed by atoms with Crippen LogP contribution in [0.15, 0.2) is 30.3 Å². The highest BCUT2D eigenvalue weighted by molar-refractivity contribution is 6.00. The van der Waals surface area contributed by atoms with Crippen molar-refractivity contribution in [3.05, 3.63) is 35.9 Å². The molecule has 0 bridgehead atoms. The minimum atomic E-state index is -0.871. The summed E-state index contributed by atoms with van der Waals surface area (Å²) in [7, 11) is 0. The first-order valence-corrected chi connectivity index (χ1v) is 7.53. The third kappa shape index (κ3) is 2.94. The Morgan fingerprint density at radius 3 is 2.24 bits per heavy atom. The summed E-state index contributed by atoms with van der Waals surface area (Å²) in [5, 5.41) is 5.92. The van der Waals surface area contributed by atoms with Gasteiger partial charge in [0, 0.05) is 6.42 Å². The van der Waals surface area contributed by atoms with Gasteiger partial charge in [0.25, 0.3) is 0 Å². The van der Waals surface area contributed by atoms with Crippen LogP contribution < -0.4 is 10.6 Å². The van der Waals surface area contributed by atoms with Crippen LogP contribution in [0.5, 0.6) is 0 Å². The van der Waals surface area contributed by atoms with Crippen LogP contribution in [0, 0.1) is 11.8 Å². The highest BCUT2D eigenvalue weighted by Gasteiger charge is 2.49. The predicted molar refractivity (Wildman–Crippen MR) is 82.6 cm³/mol. The zero-order valence-corrected chi connectivity index (χ0v) is 13.1. The van der Waals surface area contributed by atoms with E-state index in [4.69, 9.17) is 0 Å². The van der Waals surface area contributed by atoms with Crippen molar-refractivity contribution in [1.82, 2.24) is 10.6 Å². The molecule has 1 aromatic carbocycles. The Labute approximate surface area is 126 Å². The molecule has 0 aliphatic carbocycles. The molecule has 1 aromatic rings. The Hall–Kier alpha value is -1.84. The summed E-state index contributed by atoms with van der Waals surface area (Å²) in [5.41, 5.74) is 0.175. The summed E-state index contributed by atoms with van der Waals surface area (Å²) in [5.74, 6) is -0.0838. The van der Waals surface area contributed by atoms with Gasteiger partial charge in [-0.1, -0.05) is 58.0 Å². The van der Waals surface area contributed by atoms with E-state index in [1.807, 2.05) is 58.0 Å². The Bertz CT molecular complexity index is 525. The maximum Gasteiger partial charge on any atom is 0.247 e. The van der Waals surface area contributed by atoms with Crippen LogP contribution in [0.25, 0.3) is 0 Å². The van der Waals surface area contributed by atoms with Gasteiger partial charge in [0.1, 0.15) is 11.6 Å². The molecule has 4 heteroatoms. The molecule has 1 aliphatic heterocycles. The summed E-state index contributed by atoms with van der Waals surface area (Å²) in [6, 6.07) is 9.36. The van der Waals surface area contributed by atoms with Gasteiger partial charge in [-0.3, -0.25) is 9.59 Å². The third-order valence-electron chi connectivity index (χ3n) is 4.30. The number of hydrogen-bond acceptors (Lipinski definition) is 2. The van der Waals surface area contributed by atoms with Gasteiger partial charge >= 0.3 is 0 Å². The van der Waals surface area contributed by atoms with Gasteiger partial charge in [-0.2, -0.15) is 0 Å². The smallest absolute Gasteiger partial charge is 0.247 e. The molecule has 0 radical (unpaired) electrons. The molecule has 114 valence electrons. The van der Waals surface area contributed by atoms with E-state index in [9.17, 15) is 9.59 Å². The quantitative estimate of drug-likeness (QED) is 0.889. The standard InChI is InChI=1S/C17H24N2O2/c1-11(2)14-15(20)19-17(12(3)4,16(21)18-14)10-13-8-6-5-7-9-13/h5-9,11-12,14H,10H2,1-4H3,(H,18,21)(H,19,20)/t14-,17+/m0/s1. The van der Waals surface area contributed by atoms with Crippen LogP contribution in [-0.4, -0.2) is 23.4 Å². The lowest BCUT2D eigenvalue weighted by molar-refractivity contribution is -0.144. The first-order valence-electron chi connectivity index (χ1n) is 7.53.